The Kier molecular flexibility index (Phi) is 14.1. The third-order valence-electron chi connectivity index (χ3n) is 4.25. The van der Waals surface area contributed by atoms with Crippen molar-refractivity contribution in [2.45, 2.75) is 98.0 Å². The molecular formula is C19H41NO3. The van der Waals surface area contributed by atoms with Gasteiger partial charge in [-0.25, -0.2) is 0 Å². The van der Waals surface area contributed by atoms with Crippen LogP contribution in [0.3, 0.4) is 0 Å². The number of rotatable bonds is 16. The monoisotopic (exact) mass is 331 g/mol. The van der Waals surface area contributed by atoms with Gasteiger partial charge in [0.25, 0.3) is 5.97 Å². The van der Waals surface area contributed by atoms with Gasteiger partial charge < -0.3 is 19.9 Å². The molecule has 140 valence electrons. The average molecular weight is 332 g/mol. The standard InChI is InChI=1S/C19H41NO3/c1-6-11-12-13-14-16-18(20)17(15-7-2)19(21-8-3,22-9-4)23-10-5/h17-18H,6-16,20H2,1-5H3. The first-order valence-corrected chi connectivity index (χ1v) is 9.79. The minimum absolute atomic E-state index is 0.0428. The van der Waals surface area contributed by atoms with Gasteiger partial charge in [-0.2, -0.15) is 0 Å². The Morgan fingerprint density at radius 1 is 0.696 bits per heavy atom. The fourth-order valence-corrected chi connectivity index (χ4v) is 3.20. The Morgan fingerprint density at radius 2 is 1.22 bits per heavy atom. The topological polar surface area (TPSA) is 53.7 Å². The first kappa shape index (κ1) is 22.8. The first-order valence-electron chi connectivity index (χ1n) is 9.79. The van der Waals surface area contributed by atoms with E-state index in [2.05, 4.69) is 13.8 Å². The van der Waals surface area contributed by atoms with Gasteiger partial charge in [0.1, 0.15) is 0 Å². The Hall–Kier alpha value is -0.160. The van der Waals surface area contributed by atoms with Crippen LogP contribution < -0.4 is 5.73 Å². The average Bonchev–Trinajstić information content (AvgIpc) is 2.52. The lowest BCUT2D eigenvalue weighted by molar-refractivity contribution is -0.404. The van der Waals surface area contributed by atoms with Crippen molar-refractivity contribution in [1.29, 1.82) is 0 Å². The van der Waals surface area contributed by atoms with E-state index in [1.54, 1.807) is 0 Å². The maximum atomic E-state index is 6.56. The van der Waals surface area contributed by atoms with Gasteiger partial charge in [-0.1, -0.05) is 52.4 Å². The second kappa shape index (κ2) is 14.2. The first-order chi connectivity index (χ1) is 11.1. The Bertz CT molecular complexity index is 244. The number of hydrogen-bond donors (Lipinski definition) is 1. The van der Waals surface area contributed by atoms with Crippen LogP contribution in [0.2, 0.25) is 0 Å². The molecule has 0 heterocycles. The molecule has 0 aromatic heterocycles. The predicted molar refractivity (Wildman–Crippen MR) is 97.4 cm³/mol. The molecule has 4 heteroatoms. The molecule has 0 fully saturated rings. The Morgan fingerprint density at radius 3 is 1.65 bits per heavy atom. The maximum Gasteiger partial charge on any atom is 0.287 e. The van der Waals surface area contributed by atoms with Gasteiger partial charge in [0.2, 0.25) is 0 Å². The molecule has 0 aromatic carbocycles. The van der Waals surface area contributed by atoms with Crippen molar-refractivity contribution in [2.24, 2.45) is 11.7 Å². The summed E-state index contributed by atoms with van der Waals surface area (Å²) in [6.07, 6.45) is 9.31. The molecule has 0 rings (SSSR count). The maximum absolute atomic E-state index is 6.56. The number of hydrogen-bond acceptors (Lipinski definition) is 4. The number of unbranched alkanes of at least 4 members (excludes halogenated alkanes) is 4. The van der Waals surface area contributed by atoms with E-state index in [-0.39, 0.29) is 12.0 Å². The van der Waals surface area contributed by atoms with Gasteiger partial charge in [-0.3, -0.25) is 0 Å². The highest BCUT2D eigenvalue weighted by atomic mass is 16.9. The van der Waals surface area contributed by atoms with Gasteiger partial charge in [0.15, 0.2) is 0 Å². The lowest BCUT2D eigenvalue weighted by Crippen LogP contribution is -2.53. The Balaban J connectivity index is 4.88. The van der Waals surface area contributed by atoms with E-state index < -0.39 is 5.97 Å². The molecule has 0 amide bonds. The summed E-state index contributed by atoms with van der Waals surface area (Å²) < 4.78 is 17.9. The van der Waals surface area contributed by atoms with Crippen molar-refractivity contribution in [1.82, 2.24) is 0 Å². The van der Waals surface area contributed by atoms with Crippen molar-refractivity contribution in [2.75, 3.05) is 19.8 Å². The highest BCUT2D eigenvalue weighted by Gasteiger charge is 2.44. The molecule has 0 spiro atoms. The van der Waals surface area contributed by atoms with Gasteiger partial charge in [0, 0.05) is 25.9 Å². The second-order valence-corrected chi connectivity index (χ2v) is 6.16. The summed E-state index contributed by atoms with van der Waals surface area (Å²) >= 11 is 0. The molecule has 23 heavy (non-hydrogen) atoms. The SMILES string of the molecule is CCCCCCCC(N)C(CCC)C(OCC)(OCC)OCC. The molecule has 2 unspecified atom stereocenters. The van der Waals surface area contributed by atoms with Gasteiger partial charge in [0.05, 0.1) is 5.92 Å². The molecule has 2 N–H and O–H groups in total. The van der Waals surface area contributed by atoms with E-state index in [1.165, 1.54) is 32.1 Å². The van der Waals surface area contributed by atoms with E-state index in [0.29, 0.717) is 19.8 Å². The van der Waals surface area contributed by atoms with E-state index in [9.17, 15) is 0 Å². The van der Waals surface area contributed by atoms with Crippen LogP contribution >= 0.6 is 0 Å². The molecule has 2 atom stereocenters. The minimum Gasteiger partial charge on any atom is -0.327 e. The van der Waals surface area contributed by atoms with Crippen LogP contribution in [0.5, 0.6) is 0 Å². The third-order valence-corrected chi connectivity index (χ3v) is 4.25. The van der Waals surface area contributed by atoms with Gasteiger partial charge >= 0.3 is 0 Å². The molecule has 0 aliphatic rings. The minimum atomic E-state index is -0.989. The molecule has 0 bridgehead atoms. The zero-order valence-electron chi connectivity index (χ0n) is 16.2. The number of nitrogens with two attached hydrogens (primary N) is 1. The van der Waals surface area contributed by atoms with Crippen LogP contribution in [0.4, 0.5) is 0 Å². The van der Waals surface area contributed by atoms with Crippen LogP contribution in [0.1, 0.15) is 86.0 Å². The summed E-state index contributed by atoms with van der Waals surface area (Å²) in [6, 6.07) is 0.0428. The zero-order chi connectivity index (χ0) is 17.6. The molecule has 0 aromatic rings. The van der Waals surface area contributed by atoms with E-state index >= 15 is 0 Å². The molecule has 0 aliphatic heterocycles. The van der Waals surface area contributed by atoms with Crippen LogP contribution in [0, 0.1) is 5.92 Å². The van der Waals surface area contributed by atoms with Crippen molar-refractivity contribution >= 4 is 0 Å². The molecular weight excluding hydrogens is 290 g/mol. The summed E-state index contributed by atoms with van der Waals surface area (Å²) in [6.45, 7) is 12.0. The molecule has 0 saturated heterocycles. The lowest BCUT2D eigenvalue weighted by Gasteiger charge is -2.41. The fraction of sp³-hybridized carbons (Fsp3) is 1.00. The van der Waals surface area contributed by atoms with Crippen LogP contribution in [-0.4, -0.2) is 31.8 Å². The van der Waals surface area contributed by atoms with Crippen LogP contribution in [0.25, 0.3) is 0 Å². The normalized spacial score (nSPS) is 14.9. The highest BCUT2D eigenvalue weighted by Crippen LogP contribution is 2.33. The fourth-order valence-electron chi connectivity index (χ4n) is 3.20. The van der Waals surface area contributed by atoms with Crippen LogP contribution in [-0.2, 0) is 14.2 Å². The smallest absolute Gasteiger partial charge is 0.287 e. The van der Waals surface area contributed by atoms with Crippen molar-refractivity contribution in [3.8, 4) is 0 Å². The van der Waals surface area contributed by atoms with Crippen molar-refractivity contribution in [3.63, 3.8) is 0 Å². The van der Waals surface area contributed by atoms with E-state index in [4.69, 9.17) is 19.9 Å². The lowest BCUT2D eigenvalue weighted by atomic mass is 9.88. The third kappa shape index (κ3) is 8.48. The summed E-state index contributed by atoms with van der Waals surface area (Å²) in [7, 11) is 0. The van der Waals surface area contributed by atoms with Crippen molar-refractivity contribution < 1.29 is 14.2 Å². The molecule has 4 nitrogen and oxygen atoms in total. The second-order valence-electron chi connectivity index (χ2n) is 6.16. The quantitative estimate of drug-likeness (QED) is 0.324. The van der Waals surface area contributed by atoms with E-state index in [0.717, 1.165) is 19.3 Å². The van der Waals surface area contributed by atoms with Gasteiger partial charge in [-0.15, -0.1) is 0 Å². The molecule has 0 radical (unpaired) electrons. The Labute approximate surface area is 144 Å². The summed E-state index contributed by atoms with van der Waals surface area (Å²) in [5.41, 5.74) is 6.56. The highest BCUT2D eigenvalue weighted by molar-refractivity contribution is 4.82. The number of ether oxygens (including phenoxy) is 3. The van der Waals surface area contributed by atoms with E-state index in [1.807, 2.05) is 20.8 Å². The summed E-state index contributed by atoms with van der Waals surface area (Å²) in [4.78, 5) is 0. The molecule has 0 saturated carbocycles. The summed E-state index contributed by atoms with van der Waals surface area (Å²) in [5.74, 6) is -0.921. The zero-order valence-corrected chi connectivity index (χ0v) is 16.2. The van der Waals surface area contributed by atoms with Crippen molar-refractivity contribution in [3.05, 3.63) is 0 Å². The largest absolute Gasteiger partial charge is 0.327 e. The summed E-state index contributed by atoms with van der Waals surface area (Å²) in [5, 5.41) is 0. The molecule has 0 aliphatic carbocycles. The van der Waals surface area contributed by atoms with Gasteiger partial charge in [-0.05, 0) is 33.6 Å². The van der Waals surface area contributed by atoms with Crippen LogP contribution in [0.15, 0.2) is 0 Å². The predicted octanol–water partition coefficient (Wildman–Crippen LogP) is 4.85.